The summed E-state index contributed by atoms with van der Waals surface area (Å²) in [5, 5.41) is 24.5. The molecule has 5 aromatic heterocycles. The molecule has 0 spiro atoms. The van der Waals surface area contributed by atoms with E-state index in [1.54, 1.807) is 31.0 Å². The first-order chi connectivity index (χ1) is 20.5. The molecule has 1 amide bonds. The Morgan fingerprint density at radius 1 is 0.976 bits per heavy atom. The monoisotopic (exact) mass is 563 g/mol. The summed E-state index contributed by atoms with van der Waals surface area (Å²) < 4.78 is 14.0. The van der Waals surface area contributed by atoms with Crippen molar-refractivity contribution in [2.75, 3.05) is 18.4 Å². The standard InChI is InChI=1S/C30H26FN9O2/c31-19-6-17(8-21(41)9-19)23-13-34-14-26-28(23)38-30(37-26)29-22-10-24(35-15-25(22)39-40-29)18-7-20(12-33-11-18)36-27(42)5-16-1-3-32-4-2-16/h6-16,32,41H,1-5H2,(H,36,42)(H,37,38)(H,39,40). The van der Waals surface area contributed by atoms with E-state index in [0.29, 0.717) is 62.9 Å². The van der Waals surface area contributed by atoms with Crippen molar-refractivity contribution in [1.82, 2.24) is 40.4 Å². The van der Waals surface area contributed by atoms with Gasteiger partial charge in [0.05, 0.1) is 46.5 Å². The maximum atomic E-state index is 14.0. The third-order valence-electron chi connectivity index (χ3n) is 7.51. The van der Waals surface area contributed by atoms with Gasteiger partial charge in [0, 0.05) is 41.4 Å². The highest BCUT2D eigenvalue weighted by molar-refractivity contribution is 5.97. The highest BCUT2D eigenvalue weighted by Gasteiger charge is 2.19. The SMILES string of the molecule is O=C(CC1CCNCC1)Nc1cncc(-c2cc3c(-c4nc5c(-c6cc(O)cc(F)c6)cncc5[nH]4)n[nH]c3cn2)c1. The lowest BCUT2D eigenvalue weighted by molar-refractivity contribution is -0.117. The Labute approximate surface area is 238 Å². The van der Waals surface area contributed by atoms with Crippen molar-refractivity contribution in [2.45, 2.75) is 19.3 Å². The van der Waals surface area contributed by atoms with Crippen molar-refractivity contribution in [1.29, 1.82) is 0 Å². The maximum absolute atomic E-state index is 14.0. The number of carbonyl (C=O) groups is 1. The van der Waals surface area contributed by atoms with Crippen LogP contribution in [0.2, 0.25) is 0 Å². The van der Waals surface area contributed by atoms with E-state index in [-0.39, 0.29) is 11.7 Å². The van der Waals surface area contributed by atoms with Gasteiger partial charge in [0.15, 0.2) is 5.82 Å². The highest BCUT2D eigenvalue weighted by Crippen LogP contribution is 2.33. The van der Waals surface area contributed by atoms with E-state index in [1.807, 2.05) is 12.1 Å². The van der Waals surface area contributed by atoms with Crippen molar-refractivity contribution in [3.05, 3.63) is 67.1 Å². The minimum atomic E-state index is -0.559. The minimum absolute atomic E-state index is 0.0198. The summed E-state index contributed by atoms with van der Waals surface area (Å²) in [5.74, 6) is 0.109. The number of aromatic amines is 2. The Morgan fingerprint density at radius 3 is 2.69 bits per heavy atom. The highest BCUT2D eigenvalue weighted by atomic mass is 19.1. The molecule has 0 atom stereocenters. The number of benzene rings is 1. The normalized spacial score (nSPS) is 14.0. The van der Waals surface area contributed by atoms with E-state index in [9.17, 15) is 14.3 Å². The molecule has 1 saturated heterocycles. The molecule has 0 bridgehead atoms. The van der Waals surface area contributed by atoms with Gasteiger partial charge in [-0.05, 0) is 61.7 Å². The second-order valence-electron chi connectivity index (χ2n) is 10.5. The van der Waals surface area contributed by atoms with Crippen LogP contribution < -0.4 is 10.6 Å². The summed E-state index contributed by atoms with van der Waals surface area (Å²) in [6.07, 6.45) is 10.7. The van der Waals surface area contributed by atoms with Gasteiger partial charge in [-0.15, -0.1) is 0 Å². The van der Waals surface area contributed by atoms with Crippen molar-refractivity contribution >= 4 is 33.5 Å². The fourth-order valence-corrected chi connectivity index (χ4v) is 5.45. The molecule has 5 N–H and O–H groups in total. The molecule has 0 aliphatic carbocycles. The predicted molar refractivity (Wildman–Crippen MR) is 156 cm³/mol. The van der Waals surface area contributed by atoms with Crippen LogP contribution in [0.3, 0.4) is 0 Å². The van der Waals surface area contributed by atoms with E-state index in [0.717, 1.165) is 42.9 Å². The first-order valence-corrected chi connectivity index (χ1v) is 13.6. The van der Waals surface area contributed by atoms with Gasteiger partial charge in [-0.2, -0.15) is 5.10 Å². The quantitative estimate of drug-likeness (QED) is 0.193. The Morgan fingerprint density at radius 2 is 1.83 bits per heavy atom. The smallest absolute Gasteiger partial charge is 0.224 e. The second-order valence-corrected chi connectivity index (χ2v) is 10.5. The second kappa shape index (κ2) is 10.6. The molecule has 0 unspecified atom stereocenters. The van der Waals surface area contributed by atoms with Crippen molar-refractivity contribution in [3.63, 3.8) is 0 Å². The Kier molecular flexibility index (Phi) is 6.51. The van der Waals surface area contributed by atoms with E-state index in [4.69, 9.17) is 4.98 Å². The number of halogens is 1. The molecular weight excluding hydrogens is 537 g/mol. The molecule has 210 valence electrons. The third-order valence-corrected chi connectivity index (χ3v) is 7.51. The van der Waals surface area contributed by atoms with Crippen LogP contribution in [-0.2, 0) is 4.79 Å². The number of H-pyrrole nitrogens is 2. The van der Waals surface area contributed by atoms with Gasteiger partial charge in [-0.3, -0.25) is 24.8 Å². The van der Waals surface area contributed by atoms with Crippen molar-refractivity contribution in [2.24, 2.45) is 5.92 Å². The zero-order valence-electron chi connectivity index (χ0n) is 22.4. The molecular formula is C30H26FN9O2. The first-order valence-electron chi connectivity index (χ1n) is 13.6. The van der Waals surface area contributed by atoms with Crippen LogP contribution in [0.25, 0.3) is 55.8 Å². The molecule has 12 heteroatoms. The Balaban J connectivity index is 1.20. The van der Waals surface area contributed by atoms with Gasteiger partial charge < -0.3 is 20.7 Å². The molecule has 0 radical (unpaired) electrons. The van der Waals surface area contributed by atoms with Crippen LogP contribution in [0, 0.1) is 11.7 Å². The molecule has 7 rings (SSSR count). The number of rotatable bonds is 6. The predicted octanol–water partition coefficient (Wildman–Crippen LogP) is 4.80. The number of phenolic OH excluding ortho intramolecular Hbond substituents is 1. The van der Waals surface area contributed by atoms with Crippen LogP contribution in [0.15, 0.2) is 61.3 Å². The summed E-state index contributed by atoms with van der Waals surface area (Å²) in [6.45, 7) is 1.89. The number of imidazole rings is 1. The van der Waals surface area contributed by atoms with E-state index in [2.05, 4.69) is 40.8 Å². The third kappa shape index (κ3) is 5.03. The summed E-state index contributed by atoms with van der Waals surface area (Å²) in [7, 11) is 0. The first kappa shape index (κ1) is 25.7. The minimum Gasteiger partial charge on any atom is -0.508 e. The zero-order valence-corrected chi connectivity index (χ0v) is 22.4. The molecule has 6 aromatic rings. The lowest BCUT2D eigenvalue weighted by atomic mass is 9.94. The molecule has 1 aliphatic heterocycles. The van der Waals surface area contributed by atoms with E-state index in [1.165, 1.54) is 12.1 Å². The lowest BCUT2D eigenvalue weighted by Gasteiger charge is -2.21. The van der Waals surface area contributed by atoms with Gasteiger partial charge in [0.1, 0.15) is 17.3 Å². The summed E-state index contributed by atoms with van der Waals surface area (Å²) in [4.78, 5) is 33.9. The Bertz CT molecular complexity index is 1920. The average Bonchev–Trinajstić information content (AvgIpc) is 3.61. The molecule has 1 aromatic carbocycles. The van der Waals surface area contributed by atoms with Crippen LogP contribution >= 0.6 is 0 Å². The van der Waals surface area contributed by atoms with Crippen LogP contribution in [0.4, 0.5) is 10.1 Å². The number of phenols is 1. The number of hydrogen-bond donors (Lipinski definition) is 5. The van der Waals surface area contributed by atoms with E-state index < -0.39 is 5.82 Å². The fraction of sp³-hybridized carbons (Fsp3) is 0.200. The number of piperidine rings is 1. The zero-order chi connectivity index (χ0) is 28.6. The van der Waals surface area contributed by atoms with Crippen molar-refractivity contribution < 1.29 is 14.3 Å². The van der Waals surface area contributed by atoms with Crippen LogP contribution in [0.5, 0.6) is 5.75 Å². The number of fused-ring (bicyclic) bond motifs is 2. The topological polar surface area (TPSA) is 157 Å². The van der Waals surface area contributed by atoms with Gasteiger partial charge in [-0.25, -0.2) is 9.37 Å². The Hall–Kier alpha value is -5.23. The molecule has 1 aliphatic rings. The maximum Gasteiger partial charge on any atom is 0.224 e. The van der Waals surface area contributed by atoms with Crippen molar-refractivity contribution in [3.8, 4) is 39.7 Å². The molecule has 0 saturated carbocycles. The number of amides is 1. The summed E-state index contributed by atoms with van der Waals surface area (Å²) >= 11 is 0. The number of pyridine rings is 3. The number of nitrogens with zero attached hydrogens (tertiary/aromatic N) is 5. The number of aromatic hydroxyl groups is 1. The lowest BCUT2D eigenvalue weighted by Crippen LogP contribution is -2.30. The van der Waals surface area contributed by atoms with Gasteiger partial charge in [0.2, 0.25) is 5.91 Å². The van der Waals surface area contributed by atoms with Crippen LogP contribution in [-0.4, -0.2) is 59.2 Å². The molecule has 11 nitrogen and oxygen atoms in total. The largest absolute Gasteiger partial charge is 0.508 e. The van der Waals surface area contributed by atoms with Gasteiger partial charge in [0.25, 0.3) is 0 Å². The molecule has 6 heterocycles. The van der Waals surface area contributed by atoms with E-state index >= 15 is 0 Å². The summed E-state index contributed by atoms with van der Waals surface area (Å²) in [6, 6.07) is 7.58. The summed E-state index contributed by atoms with van der Waals surface area (Å²) in [5.41, 5.74) is 5.50. The number of anilines is 1. The number of aromatic nitrogens is 7. The number of nitrogens with one attached hydrogen (secondary N) is 4. The van der Waals surface area contributed by atoms with Gasteiger partial charge >= 0.3 is 0 Å². The fourth-order valence-electron chi connectivity index (χ4n) is 5.45. The molecule has 42 heavy (non-hydrogen) atoms. The van der Waals surface area contributed by atoms with Crippen LogP contribution in [0.1, 0.15) is 19.3 Å². The number of carbonyl (C=O) groups excluding carboxylic acids is 1. The van der Waals surface area contributed by atoms with Gasteiger partial charge in [-0.1, -0.05) is 0 Å². The number of hydrogen-bond acceptors (Lipinski definition) is 8. The molecule has 1 fully saturated rings. The average molecular weight is 564 g/mol.